The molecule has 2 rings (SSSR count). The van der Waals surface area contributed by atoms with Gasteiger partial charge in [0.1, 0.15) is 10.1 Å². The van der Waals surface area contributed by atoms with Crippen LogP contribution in [-0.2, 0) is 14.4 Å². The molecule has 0 unspecified atom stereocenters. The highest BCUT2D eigenvalue weighted by Gasteiger charge is 2.32. The molecule has 3 N–H and O–H groups in total. The van der Waals surface area contributed by atoms with Crippen LogP contribution in [0.5, 0.6) is 5.75 Å². The summed E-state index contributed by atoms with van der Waals surface area (Å²) in [5.74, 6) is -1.51. The van der Waals surface area contributed by atoms with Crippen LogP contribution in [-0.4, -0.2) is 50.3 Å². The van der Waals surface area contributed by atoms with Gasteiger partial charge in [0.15, 0.2) is 0 Å². The lowest BCUT2D eigenvalue weighted by atomic mass is 10.2. The first-order valence-electron chi connectivity index (χ1n) is 8.11. The van der Waals surface area contributed by atoms with E-state index in [1.54, 1.807) is 18.2 Å². The Bertz CT molecular complexity index is 860. The summed E-state index contributed by atoms with van der Waals surface area (Å²) in [6, 6.07) is 3.38. The van der Waals surface area contributed by atoms with Gasteiger partial charge in [0.2, 0.25) is 5.91 Å². The van der Waals surface area contributed by atoms with Gasteiger partial charge in [-0.1, -0.05) is 39.9 Å². The fraction of sp³-hybridized carbons (Fsp3) is 0.294. The van der Waals surface area contributed by atoms with Crippen molar-refractivity contribution >= 4 is 84.0 Å². The second-order valence-electron chi connectivity index (χ2n) is 5.76. The minimum Gasteiger partial charge on any atom is -0.506 e. The fourth-order valence-electron chi connectivity index (χ4n) is 2.32. The van der Waals surface area contributed by atoms with Gasteiger partial charge in [0.05, 0.1) is 15.8 Å². The Balaban J connectivity index is 1.95. The maximum atomic E-state index is 12.6. The van der Waals surface area contributed by atoms with Crippen molar-refractivity contribution < 1.29 is 24.6 Å². The Morgan fingerprint density at radius 1 is 1.29 bits per heavy atom. The number of benzene rings is 1. The van der Waals surface area contributed by atoms with Gasteiger partial charge in [-0.05, 0) is 40.6 Å². The summed E-state index contributed by atoms with van der Waals surface area (Å²) in [7, 11) is 0. The number of aliphatic carboxylic acids is 1. The molecule has 0 bridgehead atoms. The highest BCUT2D eigenvalue weighted by Crippen LogP contribution is 2.37. The number of carbonyl (C=O) groups is 3. The number of carbonyl (C=O) groups excluding carboxylic acids is 2. The molecule has 0 atom stereocenters. The lowest BCUT2D eigenvalue weighted by molar-refractivity contribution is -0.137. The van der Waals surface area contributed by atoms with Gasteiger partial charge in [-0.15, -0.1) is 0 Å². The largest absolute Gasteiger partial charge is 0.506 e. The van der Waals surface area contributed by atoms with Crippen molar-refractivity contribution in [2.45, 2.75) is 19.3 Å². The smallest absolute Gasteiger partial charge is 0.305 e. The van der Waals surface area contributed by atoms with E-state index in [1.165, 1.54) is 4.90 Å². The zero-order valence-corrected chi connectivity index (χ0v) is 19.2. The summed E-state index contributed by atoms with van der Waals surface area (Å²) in [4.78, 5) is 36.5. The molecule has 11 heteroatoms. The van der Waals surface area contributed by atoms with Crippen LogP contribution >= 0.6 is 55.8 Å². The molecule has 2 amide bonds. The summed E-state index contributed by atoms with van der Waals surface area (Å²) >= 11 is 13.0. The zero-order valence-electron chi connectivity index (χ0n) is 14.4. The molecule has 1 aromatic carbocycles. The molecule has 7 nitrogen and oxygen atoms in total. The Labute approximate surface area is 187 Å². The summed E-state index contributed by atoms with van der Waals surface area (Å²) in [6.45, 7) is 0.353. The van der Waals surface area contributed by atoms with Crippen LogP contribution in [0.1, 0.15) is 24.8 Å². The monoisotopic (exact) mass is 550 g/mol. The van der Waals surface area contributed by atoms with Crippen molar-refractivity contribution in [2.24, 2.45) is 0 Å². The molecule has 0 radical (unpaired) electrons. The average Bonchev–Trinajstić information content (AvgIpc) is 2.86. The van der Waals surface area contributed by atoms with Crippen molar-refractivity contribution in [3.8, 4) is 5.75 Å². The molecule has 1 aliphatic heterocycles. The van der Waals surface area contributed by atoms with E-state index in [0.29, 0.717) is 25.7 Å². The lowest BCUT2D eigenvalue weighted by Crippen LogP contribution is -2.31. The molecule has 0 spiro atoms. The number of thiocarbonyl (C=S) groups is 1. The summed E-state index contributed by atoms with van der Waals surface area (Å²) in [5, 5.41) is 21.2. The van der Waals surface area contributed by atoms with Crippen molar-refractivity contribution in [2.75, 3.05) is 13.1 Å². The van der Waals surface area contributed by atoms with Gasteiger partial charge in [0.25, 0.3) is 5.91 Å². The Morgan fingerprint density at radius 2 is 2.00 bits per heavy atom. The number of halogens is 2. The molecular weight excluding hydrogens is 536 g/mol. The topological polar surface area (TPSA) is 107 Å². The number of nitrogens with one attached hydrogen (secondary N) is 1. The van der Waals surface area contributed by atoms with E-state index in [0.717, 1.165) is 16.2 Å². The molecule has 1 saturated heterocycles. The number of phenols is 1. The number of phenolic OH excluding ortho intramolecular Hbond substituents is 1. The van der Waals surface area contributed by atoms with Gasteiger partial charge < -0.3 is 15.5 Å². The van der Waals surface area contributed by atoms with Gasteiger partial charge in [0, 0.05) is 29.5 Å². The summed E-state index contributed by atoms with van der Waals surface area (Å²) < 4.78 is 1.63. The number of carboxylic acid groups (broad SMARTS) is 1. The molecule has 0 aliphatic carbocycles. The van der Waals surface area contributed by atoms with E-state index < -0.39 is 5.97 Å². The van der Waals surface area contributed by atoms with Crippen molar-refractivity contribution in [3.05, 3.63) is 31.5 Å². The van der Waals surface area contributed by atoms with Crippen LogP contribution in [0.3, 0.4) is 0 Å². The van der Waals surface area contributed by atoms with Gasteiger partial charge in [-0.25, -0.2) is 0 Å². The molecule has 1 aliphatic rings. The number of rotatable bonds is 8. The second kappa shape index (κ2) is 10.4. The van der Waals surface area contributed by atoms with Gasteiger partial charge >= 0.3 is 5.97 Å². The fourth-order valence-corrected chi connectivity index (χ4v) is 4.88. The third-order valence-corrected chi connectivity index (χ3v) is 6.10. The van der Waals surface area contributed by atoms with Crippen LogP contribution in [0.25, 0.3) is 6.08 Å². The van der Waals surface area contributed by atoms with E-state index in [1.807, 2.05) is 0 Å². The molecule has 150 valence electrons. The van der Waals surface area contributed by atoms with Crippen LogP contribution in [0.2, 0.25) is 0 Å². The maximum absolute atomic E-state index is 12.6. The third kappa shape index (κ3) is 6.29. The van der Waals surface area contributed by atoms with E-state index >= 15 is 0 Å². The number of hydrogen-bond acceptors (Lipinski definition) is 6. The van der Waals surface area contributed by atoms with Crippen LogP contribution in [0, 0.1) is 0 Å². The predicted octanol–water partition coefficient (Wildman–Crippen LogP) is 3.49. The number of hydrogen-bond donors (Lipinski definition) is 3. The van der Waals surface area contributed by atoms with E-state index in [2.05, 4.69) is 37.2 Å². The normalized spacial score (nSPS) is 15.4. The number of nitrogens with zero attached hydrogens (tertiary/aromatic N) is 1. The highest BCUT2D eigenvalue weighted by molar-refractivity contribution is 9.11. The first-order chi connectivity index (χ1) is 13.2. The van der Waals surface area contributed by atoms with Crippen molar-refractivity contribution in [1.82, 2.24) is 10.2 Å². The first-order valence-corrected chi connectivity index (χ1v) is 10.9. The zero-order chi connectivity index (χ0) is 20.8. The first kappa shape index (κ1) is 22.9. The van der Waals surface area contributed by atoms with Crippen molar-refractivity contribution in [1.29, 1.82) is 0 Å². The molecule has 1 fully saturated rings. The maximum Gasteiger partial charge on any atom is 0.305 e. The quantitative estimate of drug-likeness (QED) is 0.335. The molecule has 1 heterocycles. The lowest BCUT2D eigenvalue weighted by Gasteiger charge is -2.14. The van der Waals surface area contributed by atoms with Crippen LogP contribution in [0.4, 0.5) is 0 Å². The Morgan fingerprint density at radius 3 is 2.68 bits per heavy atom. The Kier molecular flexibility index (Phi) is 8.47. The Hall–Kier alpha value is -1.43. The average molecular weight is 552 g/mol. The SMILES string of the molecule is O=C(O)CCNC(=O)CCCN1C(=O)/C(=C/c2cc(Br)cc(Br)c2O)SC1=S. The third-order valence-electron chi connectivity index (χ3n) is 3.66. The number of carboxylic acids is 1. The highest BCUT2D eigenvalue weighted by atomic mass is 79.9. The second-order valence-corrected chi connectivity index (χ2v) is 9.20. The summed E-state index contributed by atoms with van der Waals surface area (Å²) in [5.41, 5.74) is 0.472. The molecular formula is C17H16Br2N2O5S2. The molecule has 0 aromatic heterocycles. The number of amides is 2. The van der Waals surface area contributed by atoms with Crippen molar-refractivity contribution in [3.63, 3.8) is 0 Å². The van der Waals surface area contributed by atoms with Crippen LogP contribution in [0.15, 0.2) is 26.0 Å². The van der Waals surface area contributed by atoms with Gasteiger partial charge in [-0.2, -0.15) is 0 Å². The van der Waals surface area contributed by atoms with Crippen LogP contribution < -0.4 is 5.32 Å². The standard InChI is InChI=1S/C17H16Br2N2O5S2/c18-10-6-9(15(25)11(19)8-10)7-12-16(26)21(17(27)28-12)5-1-2-13(22)20-4-3-14(23)24/h6-8,25H,1-5H2,(H,20,22)(H,23,24)/b12-7-. The van der Waals surface area contributed by atoms with Gasteiger partial charge in [-0.3, -0.25) is 19.3 Å². The molecule has 1 aromatic rings. The predicted molar refractivity (Wildman–Crippen MR) is 118 cm³/mol. The molecule has 28 heavy (non-hydrogen) atoms. The van der Waals surface area contributed by atoms with E-state index in [4.69, 9.17) is 17.3 Å². The van der Waals surface area contributed by atoms with E-state index in [-0.39, 0.29) is 43.5 Å². The molecule has 0 saturated carbocycles. The van der Waals surface area contributed by atoms with E-state index in [9.17, 15) is 19.5 Å². The summed E-state index contributed by atoms with van der Waals surface area (Å²) in [6.07, 6.45) is 1.99. The number of thioether (sulfide) groups is 1. The number of aromatic hydroxyl groups is 1. The minimum atomic E-state index is -0.979. The minimum absolute atomic E-state index is 0.0199.